The fraction of sp³-hybridized carbons (Fsp3) is 0.429. The van der Waals surface area contributed by atoms with Crippen LogP contribution in [0.5, 0.6) is 0 Å². The van der Waals surface area contributed by atoms with Crippen LogP contribution in [0.3, 0.4) is 0 Å². The highest BCUT2D eigenvalue weighted by atomic mass is 16.4. The molecule has 0 N–H and O–H groups in total. The van der Waals surface area contributed by atoms with E-state index in [0.29, 0.717) is 24.2 Å². The molecule has 0 radical (unpaired) electrons. The van der Waals surface area contributed by atoms with Gasteiger partial charge in [0, 0.05) is 26.2 Å². The Morgan fingerprint density at radius 3 is 2.65 bits per heavy atom. The van der Waals surface area contributed by atoms with Gasteiger partial charge in [-0.3, -0.25) is 9.36 Å². The van der Waals surface area contributed by atoms with Gasteiger partial charge in [0.25, 0.3) is 0 Å². The first-order chi connectivity index (χ1) is 9.65. The van der Waals surface area contributed by atoms with Crippen LogP contribution in [-0.4, -0.2) is 53.5 Å². The Kier molecular flexibility index (Phi) is 3.31. The number of hydrogen-bond acceptors (Lipinski definition) is 4. The SMILES string of the molecule is CN1CCN(C(=O)Cn2c(=O)oc3ccccc32)CC1. The second-order valence-corrected chi connectivity index (χ2v) is 5.11. The zero-order valence-electron chi connectivity index (χ0n) is 11.4. The van der Waals surface area contributed by atoms with Gasteiger partial charge in [0.1, 0.15) is 6.54 Å². The molecule has 0 bridgehead atoms. The third kappa shape index (κ3) is 2.34. The zero-order valence-corrected chi connectivity index (χ0v) is 11.4. The number of piperazine rings is 1. The highest BCUT2D eigenvalue weighted by molar-refractivity contribution is 5.79. The lowest BCUT2D eigenvalue weighted by Gasteiger charge is -2.32. The Hall–Kier alpha value is -2.08. The fourth-order valence-electron chi connectivity index (χ4n) is 2.45. The first-order valence-electron chi connectivity index (χ1n) is 6.70. The van der Waals surface area contributed by atoms with E-state index in [-0.39, 0.29) is 12.5 Å². The van der Waals surface area contributed by atoms with Crippen molar-refractivity contribution in [1.82, 2.24) is 14.4 Å². The monoisotopic (exact) mass is 275 g/mol. The highest BCUT2D eigenvalue weighted by Gasteiger charge is 2.21. The highest BCUT2D eigenvalue weighted by Crippen LogP contribution is 2.12. The minimum atomic E-state index is -0.478. The minimum absolute atomic E-state index is 0.0354. The van der Waals surface area contributed by atoms with Crippen molar-refractivity contribution < 1.29 is 9.21 Å². The maximum atomic E-state index is 12.3. The van der Waals surface area contributed by atoms with Gasteiger partial charge in [0.15, 0.2) is 5.58 Å². The summed E-state index contributed by atoms with van der Waals surface area (Å²) in [6.45, 7) is 3.19. The number of para-hydroxylation sites is 2. The molecule has 1 amide bonds. The average Bonchev–Trinajstić information content (AvgIpc) is 2.76. The molecule has 0 aliphatic carbocycles. The average molecular weight is 275 g/mol. The molecule has 0 atom stereocenters. The van der Waals surface area contributed by atoms with Crippen LogP contribution in [0.15, 0.2) is 33.5 Å². The molecule has 1 aliphatic rings. The topological polar surface area (TPSA) is 58.7 Å². The summed E-state index contributed by atoms with van der Waals surface area (Å²) in [5.74, 6) is -0.513. The van der Waals surface area contributed by atoms with Gasteiger partial charge >= 0.3 is 5.76 Å². The van der Waals surface area contributed by atoms with Crippen LogP contribution in [0.2, 0.25) is 0 Å². The van der Waals surface area contributed by atoms with E-state index in [1.807, 2.05) is 13.1 Å². The predicted molar refractivity (Wildman–Crippen MR) is 74.6 cm³/mol. The Morgan fingerprint density at radius 1 is 1.20 bits per heavy atom. The fourth-order valence-corrected chi connectivity index (χ4v) is 2.45. The summed E-state index contributed by atoms with van der Waals surface area (Å²) in [5, 5.41) is 0. The summed E-state index contributed by atoms with van der Waals surface area (Å²) in [5.41, 5.74) is 1.18. The molecule has 6 nitrogen and oxygen atoms in total. The third-order valence-corrected chi connectivity index (χ3v) is 3.72. The summed E-state index contributed by atoms with van der Waals surface area (Å²) < 4.78 is 6.53. The summed E-state index contributed by atoms with van der Waals surface area (Å²) in [6, 6.07) is 7.15. The standard InChI is InChI=1S/C14H17N3O3/c1-15-6-8-16(9-7-15)13(18)10-17-11-4-2-3-5-12(11)20-14(17)19/h2-5H,6-10H2,1H3. The largest absolute Gasteiger partial charge is 0.420 e. The molecule has 1 saturated heterocycles. The molecule has 20 heavy (non-hydrogen) atoms. The molecule has 1 aromatic heterocycles. The van der Waals surface area contributed by atoms with Crippen LogP contribution in [0.1, 0.15) is 0 Å². The second-order valence-electron chi connectivity index (χ2n) is 5.11. The Balaban J connectivity index is 1.81. The molecule has 0 unspecified atom stereocenters. The van der Waals surface area contributed by atoms with Crippen molar-refractivity contribution in [3.8, 4) is 0 Å². The predicted octanol–water partition coefficient (Wildman–Crippen LogP) is 0.368. The minimum Gasteiger partial charge on any atom is -0.408 e. The van der Waals surface area contributed by atoms with Gasteiger partial charge in [-0.15, -0.1) is 0 Å². The van der Waals surface area contributed by atoms with Gasteiger partial charge in [0.05, 0.1) is 5.52 Å². The zero-order chi connectivity index (χ0) is 14.1. The van der Waals surface area contributed by atoms with Crippen LogP contribution < -0.4 is 5.76 Å². The van der Waals surface area contributed by atoms with Crippen LogP contribution in [-0.2, 0) is 11.3 Å². The van der Waals surface area contributed by atoms with Crippen LogP contribution in [0, 0.1) is 0 Å². The van der Waals surface area contributed by atoms with Gasteiger partial charge in [-0.25, -0.2) is 4.79 Å². The van der Waals surface area contributed by atoms with Crippen molar-refractivity contribution >= 4 is 17.0 Å². The van der Waals surface area contributed by atoms with Crippen molar-refractivity contribution in [3.05, 3.63) is 34.8 Å². The van der Waals surface area contributed by atoms with Gasteiger partial charge in [-0.05, 0) is 19.2 Å². The number of oxazole rings is 1. The summed E-state index contributed by atoms with van der Waals surface area (Å²) in [6.07, 6.45) is 0. The van der Waals surface area contributed by atoms with Gasteiger partial charge < -0.3 is 14.2 Å². The van der Waals surface area contributed by atoms with E-state index in [9.17, 15) is 9.59 Å². The smallest absolute Gasteiger partial charge is 0.408 e. The lowest BCUT2D eigenvalue weighted by atomic mass is 10.3. The normalized spacial score (nSPS) is 16.8. The Morgan fingerprint density at radius 2 is 1.90 bits per heavy atom. The quantitative estimate of drug-likeness (QED) is 0.794. The number of amides is 1. The van der Waals surface area contributed by atoms with E-state index in [4.69, 9.17) is 4.42 Å². The first kappa shape index (κ1) is 12.9. The Bertz CT molecular complexity index is 680. The number of hydrogen-bond donors (Lipinski definition) is 0. The molecule has 1 fully saturated rings. The molecule has 1 aromatic carbocycles. The van der Waals surface area contributed by atoms with E-state index in [1.165, 1.54) is 4.57 Å². The van der Waals surface area contributed by atoms with Crippen molar-refractivity contribution in [2.45, 2.75) is 6.54 Å². The Labute approximate surface area is 116 Å². The van der Waals surface area contributed by atoms with E-state index in [2.05, 4.69) is 4.90 Å². The molecule has 0 spiro atoms. The number of aromatic nitrogens is 1. The van der Waals surface area contributed by atoms with E-state index >= 15 is 0 Å². The van der Waals surface area contributed by atoms with Crippen molar-refractivity contribution in [2.24, 2.45) is 0 Å². The maximum absolute atomic E-state index is 12.3. The molecule has 0 saturated carbocycles. The molecular weight excluding hydrogens is 258 g/mol. The van der Waals surface area contributed by atoms with Crippen LogP contribution in [0.4, 0.5) is 0 Å². The number of carbonyl (C=O) groups is 1. The first-order valence-corrected chi connectivity index (χ1v) is 6.70. The van der Waals surface area contributed by atoms with Gasteiger partial charge in [0.2, 0.25) is 5.91 Å². The van der Waals surface area contributed by atoms with Crippen LogP contribution in [0.25, 0.3) is 11.1 Å². The number of fused-ring (bicyclic) bond motifs is 1. The van der Waals surface area contributed by atoms with Crippen molar-refractivity contribution in [2.75, 3.05) is 33.2 Å². The van der Waals surface area contributed by atoms with E-state index in [0.717, 1.165) is 13.1 Å². The molecule has 3 rings (SSSR count). The molecular formula is C14H17N3O3. The summed E-state index contributed by atoms with van der Waals surface area (Å²) in [4.78, 5) is 28.1. The molecule has 106 valence electrons. The second kappa shape index (κ2) is 5.13. The number of benzene rings is 1. The van der Waals surface area contributed by atoms with Gasteiger partial charge in [-0.2, -0.15) is 0 Å². The lowest BCUT2D eigenvalue weighted by Crippen LogP contribution is -2.48. The summed E-state index contributed by atoms with van der Waals surface area (Å²) in [7, 11) is 2.04. The van der Waals surface area contributed by atoms with Gasteiger partial charge in [-0.1, -0.05) is 12.1 Å². The van der Waals surface area contributed by atoms with Crippen molar-refractivity contribution in [1.29, 1.82) is 0 Å². The lowest BCUT2D eigenvalue weighted by molar-refractivity contribution is -0.133. The number of rotatable bonds is 2. The van der Waals surface area contributed by atoms with Crippen LogP contribution >= 0.6 is 0 Å². The maximum Gasteiger partial charge on any atom is 0.420 e. The summed E-state index contributed by atoms with van der Waals surface area (Å²) >= 11 is 0. The third-order valence-electron chi connectivity index (χ3n) is 3.72. The van der Waals surface area contributed by atoms with Crippen molar-refractivity contribution in [3.63, 3.8) is 0 Å². The molecule has 2 heterocycles. The number of nitrogens with zero attached hydrogens (tertiary/aromatic N) is 3. The molecule has 1 aliphatic heterocycles. The number of carbonyl (C=O) groups excluding carboxylic acids is 1. The molecule has 2 aromatic rings. The molecule has 6 heteroatoms. The number of likely N-dealkylation sites (N-methyl/N-ethyl adjacent to an activating group) is 1. The van der Waals surface area contributed by atoms with E-state index < -0.39 is 5.76 Å². The van der Waals surface area contributed by atoms with E-state index in [1.54, 1.807) is 23.1 Å².